The van der Waals surface area contributed by atoms with Crippen molar-refractivity contribution in [1.29, 1.82) is 0 Å². The van der Waals surface area contributed by atoms with Gasteiger partial charge in [0, 0.05) is 36.4 Å². The summed E-state index contributed by atoms with van der Waals surface area (Å²) in [5.41, 5.74) is 6.45. The van der Waals surface area contributed by atoms with Crippen LogP contribution in [0.3, 0.4) is 0 Å². The lowest BCUT2D eigenvalue weighted by Crippen LogP contribution is -2.54. The SMILES string of the molecule is C=S(=O)(NC)c1ccc(N2CCN(S(=O)(=O)c3ccc(N)nc3)CC2C#CC)cc1. The number of hydrogen-bond donors (Lipinski definition) is 2. The molecule has 0 amide bonds. The van der Waals surface area contributed by atoms with Crippen molar-refractivity contribution in [2.45, 2.75) is 22.8 Å². The van der Waals surface area contributed by atoms with Crippen LogP contribution < -0.4 is 15.4 Å². The van der Waals surface area contributed by atoms with Gasteiger partial charge < -0.3 is 10.6 Å². The lowest BCUT2D eigenvalue weighted by atomic mass is 10.1. The molecule has 0 bridgehead atoms. The topological polar surface area (TPSA) is 109 Å². The first-order chi connectivity index (χ1) is 14.2. The van der Waals surface area contributed by atoms with Crippen LogP contribution in [0.4, 0.5) is 11.5 Å². The molecule has 1 aromatic carbocycles. The Morgan fingerprint density at radius 3 is 2.37 bits per heavy atom. The molecule has 10 heteroatoms. The van der Waals surface area contributed by atoms with Crippen molar-refractivity contribution in [3.8, 4) is 11.8 Å². The van der Waals surface area contributed by atoms with E-state index in [1.165, 1.54) is 22.6 Å². The quantitative estimate of drug-likeness (QED) is 0.518. The Bertz CT molecular complexity index is 1170. The van der Waals surface area contributed by atoms with Gasteiger partial charge >= 0.3 is 0 Å². The molecule has 1 aliphatic heterocycles. The van der Waals surface area contributed by atoms with E-state index in [2.05, 4.69) is 32.3 Å². The van der Waals surface area contributed by atoms with Crippen LogP contribution in [-0.2, 0) is 19.7 Å². The zero-order valence-corrected chi connectivity index (χ0v) is 18.5. The summed E-state index contributed by atoms with van der Waals surface area (Å²) in [4.78, 5) is 6.65. The Morgan fingerprint density at radius 2 is 1.80 bits per heavy atom. The zero-order chi connectivity index (χ0) is 21.9. The molecular formula is C20H25N5O3S2. The molecule has 3 N–H and O–H groups in total. The number of nitrogens with zero attached hydrogens (tertiary/aromatic N) is 3. The summed E-state index contributed by atoms with van der Waals surface area (Å²) < 4.78 is 42.5. The molecule has 0 spiro atoms. The average Bonchev–Trinajstić information content (AvgIpc) is 2.74. The summed E-state index contributed by atoms with van der Waals surface area (Å²) in [6.07, 6.45) is 1.27. The van der Waals surface area contributed by atoms with Crippen LogP contribution in [0.25, 0.3) is 0 Å². The molecular weight excluding hydrogens is 422 g/mol. The molecule has 30 heavy (non-hydrogen) atoms. The van der Waals surface area contributed by atoms with Gasteiger partial charge in [-0.2, -0.15) is 4.31 Å². The lowest BCUT2D eigenvalue weighted by molar-refractivity contribution is 0.360. The fraction of sp³-hybridized carbons (Fsp3) is 0.300. The minimum absolute atomic E-state index is 0.106. The number of sulfonamides is 1. The number of benzene rings is 1. The van der Waals surface area contributed by atoms with Gasteiger partial charge in [-0.3, -0.25) is 0 Å². The molecule has 0 aliphatic carbocycles. The lowest BCUT2D eigenvalue weighted by Gasteiger charge is -2.39. The third-order valence-electron chi connectivity index (χ3n) is 4.93. The number of hydrogen-bond acceptors (Lipinski definition) is 6. The molecule has 1 aromatic heterocycles. The van der Waals surface area contributed by atoms with E-state index >= 15 is 0 Å². The van der Waals surface area contributed by atoms with Crippen LogP contribution in [0.1, 0.15) is 6.92 Å². The van der Waals surface area contributed by atoms with Gasteiger partial charge in [-0.05, 0) is 56.2 Å². The van der Waals surface area contributed by atoms with E-state index in [4.69, 9.17) is 5.73 Å². The maximum absolute atomic E-state index is 13.0. The molecule has 160 valence electrons. The zero-order valence-electron chi connectivity index (χ0n) is 16.9. The number of nitrogens with one attached hydrogen (secondary N) is 1. The highest BCUT2D eigenvalue weighted by Gasteiger charge is 2.34. The highest BCUT2D eigenvalue weighted by Crippen LogP contribution is 2.25. The summed E-state index contributed by atoms with van der Waals surface area (Å²) in [6.45, 7) is 2.71. The number of piperazine rings is 1. The maximum Gasteiger partial charge on any atom is 0.244 e. The summed E-state index contributed by atoms with van der Waals surface area (Å²) in [5, 5.41) is 0. The van der Waals surface area contributed by atoms with Crippen LogP contribution in [0.15, 0.2) is 52.4 Å². The van der Waals surface area contributed by atoms with Crippen LogP contribution in [0.2, 0.25) is 0 Å². The summed E-state index contributed by atoms with van der Waals surface area (Å²) in [5.74, 6) is 9.97. The van der Waals surface area contributed by atoms with E-state index in [0.717, 1.165) is 5.69 Å². The summed E-state index contributed by atoms with van der Waals surface area (Å²) in [7, 11) is -4.63. The molecule has 2 heterocycles. The van der Waals surface area contributed by atoms with Crippen molar-refractivity contribution >= 4 is 37.1 Å². The fourth-order valence-electron chi connectivity index (χ4n) is 3.24. The van der Waals surface area contributed by atoms with Crippen molar-refractivity contribution in [3.05, 3.63) is 42.6 Å². The average molecular weight is 448 g/mol. The third-order valence-corrected chi connectivity index (χ3v) is 8.47. The van der Waals surface area contributed by atoms with E-state index in [1.807, 2.05) is 12.1 Å². The van der Waals surface area contributed by atoms with Gasteiger partial charge in [0.1, 0.15) is 16.8 Å². The molecule has 1 aliphatic rings. The van der Waals surface area contributed by atoms with Crippen LogP contribution in [-0.4, -0.2) is 60.5 Å². The van der Waals surface area contributed by atoms with Gasteiger partial charge in [-0.15, -0.1) is 5.92 Å². The second kappa shape index (κ2) is 8.65. The molecule has 2 atom stereocenters. The Hall–Kier alpha value is -2.58. The van der Waals surface area contributed by atoms with Gasteiger partial charge in [-0.25, -0.2) is 22.3 Å². The smallest absolute Gasteiger partial charge is 0.244 e. The van der Waals surface area contributed by atoms with Crippen molar-refractivity contribution < 1.29 is 12.6 Å². The van der Waals surface area contributed by atoms with Crippen LogP contribution in [0, 0.1) is 11.8 Å². The maximum atomic E-state index is 13.0. The molecule has 8 nitrogen and oxygen atoms in total. The number of pyridine rings is 1. The molecule has 0 saturated carbocycles. The monoisotopic (exact) mass is 447 g/mol. The van der Waals surface area contributed by atoms with Gasteiger partial charge in [0.25, 0.3) is 0 Å². The highest BCUT2D eigenvalue weighted by molar-refractivity contribution is 7.98. The number of nitrogen functional groups attached to an aromatic ring is 1. The van der Waals surface area contributed by atoms with E-state index in [-0.39, 0.29) is 23.3 Å². The number of rotatable bonds is 5. The predicted molar refractivity (Wildman–Crippen MR) is 121 cm³/mol. The minimum atomic E-state index is -3.70. The molecule has 0 radical (unpaired) electrons. The van der Waals surface area contributed by atoms with E-state index < -0.39 is 19.7 Å². The van der Waals surface area contributed by atoms with Crippen molar-refractivity contribution in [2.75, 3.05) is 37.3 Å². The minimum Gasteiger partial charge on any atom is -0.384 e. The number of aromatic nitrogens is 1. The van der Waals surface area contributed by atoms with E-state index in [0.29, 0.717) is 18.0 Å². The van der Waals surface area contributed by atoms with E-state index in [9.17, 15) is 12.6 Å². The van der Waals surface area contributed by atoms with Gasteiger partial charge in [0.15, 0.2) is 0 Å². The standard InChI is InChI=1S/C20H25N5O3S2/c1-4-5-17-15-24(30(27,28)19-10-11-20(21)23-14-19)12-13-25(17)16-6-8-18(9-7-16)29(3,26)22-2/h6-11,14,17H,3,12-13,15H2,1-2H3,(H2,21,23)(H,22,26). The van der Waals surface area contributed by atoms with Gasteiger partial charge in [-0.1, -0.05) is 5.92 Å². The normalized spacial score (nSPS) is 19.5. The molecule has 3 rings (SSSR count). The van der Waals surface area contributed by atoms with E-state index in [1.54, 1.807) is 26.1 Å². The Balaban J connectivity index is 1.85. The highest BCUT2D eigenvalue weighted by atomic mass is 32.2. The van der Waals surface area contributed by atoms with Crippen LogP contribution >= 0.6 is 0 Å². The first-order valence-corrected chi connectivity index (χ1v) is 12.4. The first-order valence-electron chi connectivity index (χ1n) is 9.25. The summed E-state index contributed by atoms with van der Waals surface area (Å²) in [6, 6.07) is 9.86. The molecule has 2 unspecified atom stereocenters. The first kappa shape index (κ1) is 22.1. The van der Waals surface area contributed by atoms with Crippen molar-refractivity contribution in [3.63, 3.8) is 0 Å². The van der Waals surface area contributed by atoms with Crippen molar-refractivity contribution in [2.24, 2.45) is 0 Å². The Kier molecular flexibility index (Phi) is 6.38. The largest absolute Gasteiger partial charge is 0.384 e. The van der Waals surface area contributed by atoms with Gasteiger partial charge in [0.2, 0.25) is 10.0 Å². The van der Waals surface area contributed by atoms with Crippen molar-refractivity contribution in [1.82, 2.24) is 14.0 Å². The number of nitrogens with two attached hydrogens (primary N) is 1. The predicted octanol–water partition coefficient (Wildman–Crippen LogP) is 0.776. The Labute approximate surface area is 178 Å². The third kappa shape index (κ3) is 4.44. The second-order valence-corrected chi connectivity index (χ2v) is 10.9. The van der Waals surface area contributed by atoms with Crippen LogP contribution in [0.5, 0.6) is 0 Å². The van der Waals surface area contributed by atoms with Gasteiger partial charge in [0.05, 0.1) is 9.71 Å². The second-order valence-electron chi connectivity index (χ2n) is 6.76. The molecule has 1 fully saturated rings. The molecule has 1 saturated heterocycles. The molecule has 2 aromatic rings. The number of anilines is 2. The fourth-order valence-corrected chi connectivity index (χ4v) is 5.44. The summed E-state index contributed by atoms with van der Waals surface area (Å²) >= 11 is 0. The Morgan fingerprint density at radius 1 is 1.13 bits per heavy atom.